The van der Waals surface area contributed by atoms with E-state index in [9.17, 15) is 4.79 Å². The molecule has 3 rings (SSSR count). The van der Waals surface area contributed by atoms with Gasteiger partial charge in [0.1, 0.15) is 5.75 Å². The number of anilines is 1. The largest absolute Gasteiger partial charge is 0.482 e. The van der Waals surface area contributed by atoms with Crippen molar-refractivity contribution in [2.24, 2.45) is 0 Å². The molecule has 2 heterocycles. The van der Waals surface area contributed by atoms with Crippen LogP contribution in [0.4, 0.5) is 5.69 Å². The summed E-state index contributed by atoms with van der Waals surface area (Å²) in [4.78, 5) is 11.2. The van der Waals surface area contributed by atoms with Gasteiger partial charge in [0.05, 0.1) is 5.69 Å². The molecular formula is C12H12N2O2. The van der Waals surface area contributed by atoms with Gasteiger partial charge in [-0.25, -0.2) is 0 Å². The first-order valence-corrected chi connectivity index (χ1v) is 5.28. The number of hydrogen-bond acceptors (Lipinski definition) is 3. The van der Waals surface area contributed by atoms with Gasteiger partial charge < -0.3 is 15.4 Å². The van der Waals surface area contributed by atoms with E-state index >= 15 is 0 Å². The lowest BCUT2D eigenvalue weighted by Gasteiger charge is -2.20. The van der Waals surface area contributed by atoms with Crippen molar-refractivity contribution in [2.45, 2.75) is 0 Å². The van der Waals surface area contributed by atoms with Crippen LogP contribution in [-0.4, -0.2) is 25.6 Å². The van der Waals surface area contributed by atoms with Gasteiger partial charge in [-0.2, -0.15) is 0 Å². The maximum Gasteiger partial charge on any atom is 0.262 e. The van der Waals surface area contributed by atoms with Crippen molar-refractivity contribution in [1.29, 1.82) is 0 Å². The van der Waals surface area contributed by atoms with E-state index in [1.807, 2.05) is 18.2 Å². The number of amides is 1. The molecule has 0 unspecified atom stereocenters. The molecule has 2 N–H and O–H groups in total. The van der Waals surface area contributed by atoms with E-state index in [0.29, 0.717) is 0 Å². The fraction of sp³-hybridized carbons (Fsp3) is 0.250. The Morgan fingerprint density at radius 1 is 1.31 bits per heavy atom. The summed E-state index contributed by atoms with van der Waals surface area (Å²) < 4.78 is 5.29. The molecular weight excluding hydrogens is 204 g/mol. The second kappa shape index (κ2) is 3.64. The highest BCUT2D eigenvalue weighted by molar-refractivity contribution is 5.95. The number of benzene rings is 1. The Balaban J connectivity index is 1.91. The summed E-state index contributed by atoms with van der Waals surface area (Å²) in [7, 11) is 0. The Hall–Kier alpha value is -1.81. The first-order valence-electron chi connectivity index (χ1n) is 5.28. The predicted molar refractivity (Wildman–Crippen MR) is 61.4 cm³/mol. The molecule has 2 aliphatic heterocycles. The van der Waals surface area contributed by atoms with Crippen molar-refractivity contribution >= 4 is 17.7 Å². The maximum atomic E-state index is 11.2. The molecule has 1 aromatic rings. The number of hydrogen-bond donors (Lipinski definition) is 2. The molecule has 0 aromatic heterocycles. The molecule has 1 saturated heterocycles. The zero-order valence-electron chi connectivity index (χ0n) is 8.75. The summed E-state index contributed by atoms with van der Waals surface area (Å²) in [5, 5.41) is 5.99. The van der Waals surface area contributed by atoms with Crippen LogP contribution in [-0.2, 0) is 4.79 Å². The summed E-state index contributed by atoms with van der Waals surface area (Å²) >= 11 is 0. The van der Waals surface area contributed by atoms with Gasteiger partial charge in [0.15, 0.2) is 6.61 Å². The Morgan fingerprint density at radius 3 is 2.94 bits per heavy atom. The van der Waals surface area contributed by atoms with Gasteiger partial charge in [-0.15, -0.1) is 0 Å². The summed E-state index contributed by atoms with van der Waals surface area (Å²) in [6.45, 7) is 2.03. The molecule has 0 atom stereocenters. The zero-order valence-corrected chi connectivity index (χ0v) is 8.75. The minimum absolute atomic E-state index is 0.0948. The van der Waals surface area contributed by atoms with E-state index in [1.54, 1.807) is 0 Å². The topological polar surface area (TPSA) is 50.4 Å². The summed E-state index contributed by atoms with van der Waals surface area (Å²) in [5.41, 5.74) is 3.24. The second-order valence-electron chi connectivity index (χ2n) is 4.00. The molecule has 1 amide bonds. The molecule has 16 heavy (non-hydrogen) atoms. The average molecular weight is 216 g/mol. The summed E-state index contributed by atoms with van der Waals surface area (Å²) in [6, 6.07) is 5.84. The number of rotatable bonds is 1. The van der Waals surface area contributed by atoms with Gasteiger partial charge in [0.2, 0.25) is 0 Å². The van der Waals surface area contributed by atoms with E-state index < -0.39 is 0 Å². The van der Waals surface area contributed by atoms with Crippen LogP contribution >= 0.6 is 0 Å². The Bertz CT molecular complexity index is 474. The lowest BCUT2D eigenvalue weighted by atomic mass is 10.1. The average Bonchev–Trinajstić information content (AvgIpc) is 2.23. The van der Waals surface area contributed by atoms with Crippen LogP contribution < -0.4 is 15.4 Å². The zero-order chi connectivity index (χ0) is 11.0. The minimum atomic E-state index is -0.0948. The van der Waals surface area contributed by atoms with Crippen LogP contribution in [0.25, 0.3) is 6.08 Å². The van der Waals surface area contributed by atoms with Crippen molar-refractivity contribution in [3.63, 3.8) is 0 Å². The first-order chi connectivity index (χ1) is 7.81. The standard InChI is InChI=1S/C12H12N2O2/c15-12-7-16-11-2-1-8(4-10(11)14-12)3-9-5-13-6-9/h1-4,13H,5-7H2,(H,14,15). The van der Waals surface area contributed by atoms with E-state index in [2.05, 4.69) is 16.7 Å². The molecule has 0 spiro atoms. The van der Waals surface area contributed by atoms with E-state index in [-0.39, 0.29) is 12.5 Å². The number of carbonyl (C=O) groups is 1. The first kappa shape index (κ1) is 9.42. The Kier molecular flexibility index (Phi) is 2.15. The highest BCUT2D eigenvalue weighted by Gasteiger charge is 2.15. The third-order valence-electron chi connectivity index (χ3n) is 2.71. The SMILES string of the molecule is O=C1COc2ccc(C=C3CNC3)cc2N1. The molecule has 1 aromatic carbocycles. The maximum absolute atomic E-state index is 11.2. The third kappa shape index (κ3) is 1.67. The molecule has 0 radical (unpaired) electrons. The van der Waals surface area contributed by atoms with Crippen molar-refractivity contribution < 1.29 is 9.53 Å². The van der Waals surface area contributed by atoms with Gasteiger partial charge >= 0.3 is 0 Å². The van der Waals surface area contributed by atoms with E-state index in [4.69, 9.17) is 4.74 Å². The van der Waals surface area contributed by atoms with Crippen LogP contribution in [0.2, 0.25) is 0 Å². The van der Waals surface area contributed by atoms with Gasteiger partial charge in [-0.3, -0.25) is 4.79 Å². The van der Waals surface area contributed by atoms with Gasteiger partial charge in [-0.1, -0.05) is 12.1 Å². The van der Waals surface area contributed by atoms with E-state index in [1.165, 1.54) is 5.57 Å². The minimum Gasteiger partial charge on any atom is -0.482 e. The molecule has 4 nitrogen and oxygen atoms in total. The number of carbonyl (C=O) groups excluding carboxylic acids is 1. The van der Waals surface area contributed by atoms with Crippen molar-refractivity contribution in [3.05, 3.63) is 29.3 Å². The second-order valence-corrected chi connectivity index (χ2v) is 4.00. The lowest BCUT2D eigenvalue weighted by Crippen LogP contribution is -2.33. The van der Waals surface area contributed by atoms with Gasteiger partial charge in [0, 0.05) is 13.1 Å². The van der Waals surface area contributed by atoms with Crippen LogP contribution in [0.1, 0.15) is 5.56 Å². The fourth-order valence-electron chi connectivity index (χ4n) is 1.80. The smallest absolute Gasteiger partial charge is 0.262 e. The summed E-state index contributed by atoms with van der Waals surface area (Å²) in [5.74, 6) is 0.649. The Morgan fingerprint density at radius 2 is 2.19 bits per heavy atom. The predicted octanol–water partition coefficient (Wildman–Crippen LogP) is 1.00. The molecule has 4 heteroatoms. The van der Waals surface area contributed by atoms with Crippen molar-refractivity contribution in [1.82, 2.24) is 5.32 Å². The van der Waals surface area contributed by atoms with Gasteiger partial charge in [0.25, 0.3) is 5.91 Å². The number of ether oxygens (including phenoxy) is 1. The summed E-state index contributed by atoms with van der Waals surface area (Å²) in [6.07, 6.45) is 2.14. The molecule has 0 bridgehead atoms. The Labute approximate surface area is 93.3 Å². The van der Waals surface area contributed by atoms with Gasteiger partial charge in [-0.05, 0) is 23.3 Å². The monoisotopic (exact) mass is 216 g/mol. The van der Waals surface area contributed by atoms with Crippen LogP contribution in [0.5, 0.6) is 5.75 Å². The number of fused-ring (bicyclic) bond motifs is 1. The number of nitrogens with one attached hydrogen (secondary N) is 2. The highest BCUT2D eigenvalue weighted by Crippen LogP contribution is 2.29. The fourth-order valence-corrected chi connectivity index (χ4v) is 1.80. The molecule has 0 saturated carbocycles. The van der Waals surface area contributed by atoms with Crippen LogP contribution in [0, 0.1) is 0 Å². The molecule has 1 fully saturated rings. The van der Waals surface area contributed by atoms with Crippen LogP contribution in [0.15, 0.2) is 23.8 Å². The normalized spacial score (nSPS) is 18.0. The third-order valence-corrected chi connectivity index (χ3v) is 2.71. The van der Waals surface area contributed by atoms with Crippen molar-refractivity contribution in [3.8, 4) is 5.75 Å². The molecule has 2 aliphatic rings. The molecule has 82 valence electrons. The van der Waals surface area contributed by atoms with E-state index in [0.717, 1.165) is 30.1 Å². The van der Waals surface area contributed by atoms with Crippen LogP contribution in [0.3, 0.4) is 0 Å². The molecule has 0 aliphatic carbocycles. The van der Waals surface area contributed by atoms with Crippen molar-refractivity contribution in [2.75, 3.05) is 25.0 Å². The lowest BCUT2D eigenvalue weighted by molar-refractivity contribution is -0.118. The highest BCUT2D eigenvalue weighted by atomic mass is 16.5. The quantitative estimate of drug-likeness (QED) is 0.736.